The average molecular weight is 99.0 g/mol. The van der Waals surface area contributed by atoms with Gasteiger partial charge >= 0.3 is 8.69 Å². The Hall–Kier alpha value is 0.490. The van der Waals surface area contributed by atoms with E-state index in [-0.39, 0.29) is 9.90 Å². The van der Waals surface area contributed by atoms with Gasteiger partial charge in [-0.1, -0.05) is 0 Å². The minimum atomic E-state index is -1.17. The minimum absolute atomic E-state index is 0. The van der Waals surface area contributed by atoms with Crippen LogP contribution in [0.4, 0.5) is 0 Å². The van der Waals surface area contributed by atoms with Gasteiger partial charge < -0.3 is 0 Å². The van der Waals surface area contributed by atoms with Crippen LogP contribution in [0.3, 0.4) is 0 Å². The summed E-state index contributed by atoms with van der Waals surface area (Å²) in [5.74, 6) is 0. The van der Waals surface area contributed by atoms with Crippen LogP contribution in [-0.4, -0.2) is 4.89 Å². The van der Waals surface area contributed by atoms with Crippen molar-refractivity contribution < 1.29 is 9.46 Å². The Morgan fingerprint density at radius 2 is 1.75 bits per heavy atom. The van der Waals surface area contributed by atoms with Gasteiger partial charge in [0.25, 0.3) is 0 Å². The molecule has 0 aromatic rings. The monoisotopic (exact) mass is 99.0 g/mol. The van der Waals surface area contributed by atoms with Crippen LogP contribution >= 0.6 is 18.6 Å². The highest BCUT2D eigenvalue weighted by Crippen LogP contribution is 1.66. The normalized spacial score (nSPS) is 5.25. The van der Waals surface area contributed by atoms with Crippen molar-refractivity contribution in [3.63, 3.8) is 0 Å². The van der Waals surface area contributed by atoms with Crippen molar-refractivity contribution in [2.24, 2.45) is 0 Å². The first kappa shape index (κ1) is 8.82. The predicted octanol–water partition coefficient (Wildman–Crippen LogP) is -0.0242. The second-order valence-electron chi connectivity index (χ2n) is 0.0913. The van der Waals surface area contributed by atoms with E-state index in [9.17, 15) is 0 Å². The molecule has 0 aromatic heterocycles. The van der Waals surface area contributed by atoms with E-state index in [1.54, 1.807) is 0 Å². The maximum Gasteiger partial charge on any atom is 0.491 e. The summed E-state index contributed by atoms with van der Waals surface area (Å²) in [4.78, 5) is 7.04. The second-order valence-corrected chi connectivity index (χ2v) is 0.274. The van der Waals surface area contributed by atoms with E-state index >= 15 is 0 Å². The standard InChI is InChI=1S/HO2P.H3P/c1-3-2;/h3H;1H3/p+1. The molecule has 2 unspecified atom stereocenters. The smallest absolute Gasteiger partial charge is 0.162 e. The van der Waals surface area contributed by atoms with Crippen LogP contribution in [0.1, 0.15) is 0 Å². The van der Waals surface area contributed by atoms with Crippen LogP contribution in [0, 0.1) is 0 Å². The van der Waals surface area contributed by atoms with Gasteiger partial charge in [0.05, 0.1) is 0 Å². The number of rotatable bonds is 0. The van der Waals surface area contributed by atoms with E-state index in [1.165, 1.54) is 0 Å². The van der Waals surface area contributed by atoms with E-state index in [1.807, 2.05) is 0 Å². The van der Waals surface area contributed by atoms with Gasteiger partial charge in [0, 0.05) is 0 Å². The van der Waals surface area contributed by atoms with Crippen molar-refractivity contribution in [1.29, 1.82) is 0 Å². The molecule has 0 radical (unpaired) electrons. The lowest BCUT2D eigenvalue weighted by atomic mass is 15.9. The highest BCUT2D eigenvalue weighted by Gasteiger charge is 1.45. The Kier molecular flexibility index (Phi) is 21.5. The molecule has 0 aliphatic carbocycles. The summed E-state index contributed by atoms with van der Waals surface area (Å²) in [5, 5.41) is 0. The Morgan fingerprint density at radius 3 is 1.75 bits per heavy atom. The molecule has 26 valence electrons. The van der Waals surface area contributed by atoms with Crippen LogP contribution in [-0.2, 0) is 4.57 Å². The summed E-state index contributed by atoms with van der Waals surface area (Å²) in [7, 11) is -1.17. The van der Waals surface area contributed by atoms with Gasteiger partial charge in [-0.15, -0.1) is 0 Å². The van der Waals surface area contributed by atoms with E-state index in [4.69, 9.17) is 9.46 Å². The van der Waals surface area contributed by atoms with Crippen molar-refractivity contribution in [2.45, 2.75) is 0 Å². The average Bonchev–Trinajstić information content (AvgIpc) is 0.918. The zero-order valence-electron chi connectivity index (χ0n) is 2.06. The van der Waals surface area contributed by atoms with Crippen LogP contribution < -0.4 is 0 Å². The summed E-state index contributed by atoms with van der Waals surface area (Å²) >= 11 is 0. The molecule has 2 atom stereocenters. The van der Waals surface area contributed by atoms with E-state index in [0.717, 1.165) is 0 Å². The van der Waals surface area contributed by atoms with Gasteiger partial charge in [-0.3, -0.25) is 0 Å². The lowest BCUT2D eigenvalue weighted by Crippen LogP contribution is -1.03. The van der Waals surface area contributed by atoms with Crippen molar-refractivity contribution in [2.75, 3.05) is 0 Å². The zero-order valence-corrected chi connectivity index (χ0v) is 4.48. The molecule has 0 bridgehead atoms. The quantitative estimate of drug-likeness (QED) is 0.433. The second kappa shape index (κ2) is 9.75. The summed E-state index contributed by atoms with van der Waals surface area (Å²) in [6.07, 6.45) is 0. The van der Waals surface area contributed by atoms with Crippen molar-refractivity contribution in [3.05, 3.63) is 0 Å². The molecule has 0 saturated carbocycles. The van der Waals surface area contributed by atoms with Gasteiger partial charge in [0.2, 0.25) is 0 Å². The minimum Gasteiger partial charge on any atom is -0.162 e. The van der Waals surface area contributed by atoms with E-state index < -0.39 is 8.69 Å². The Morgan fingerprint density at radius 1 is 1.75 bits per heavy atom. The molecule has 0 fully saturated rings. The molecule has 4 heteroatoms. The highest BCUT2D eigenvalue weighted by atomic mass is 31.1. The molecule has 0 rings (SSSR count). The first-order valence-electron chi connectivity index (χ1n) is 0.428. The molecular formula is H5O2P2+. The topological polar surface area (TPSA) is 37.3 Å². The molecule has 2 nitrogen and oxygen atoms in total. The first-order valence-corrected chi connectivity index (χ1v) is 1.28. The highest BCUT2D eigenvalue weighted by molar-refractivity contribution is 7.16. The summed E-state index contributed by atoms with van der Waals surface area (Å²) in [6.45, 7) is 0. The fraction of sp³-hybridized carbons (Fsp3) is 0. The third-order valence-corrected chi connectivity index (χ3v) is 0. The number of hydrogen-bond donors (Lipinski definition) is 1. The van der Waals surface area contributed by atoms with Gasteiger partial charge in [-0.25, -0.2) is 0 Å². The van der Waals surface area contributed by atoms with Crippen molar-refractivity contribution >= 4 is 18.6 Å². The summed E-state index contributed by atoms with van der Waals surface area (Å²) < 4.78 is 8.51. The van der Waals surface area contributed by atoms with Gasteiger partial charge in [0.15, 0.2) is 0 Å². The molecule has 0 aliphatic heterocycles. The summed E-state index contributed by atoms with van der Waals surface area (Å²) in [5.41, 5.74) is 0. The van der Waals surface area contributed by atoms with E-state index in [0.29, 0.717) is 0 Å². The molecule has 0 aromatic carbocycles. The van der Waals surface area contributed by atoms with Crippen molar-refractivity contribution in [1.82, 2.24) is 0 Å². The fourth-order valence-electron chi connectivity index (χ4n) is 0. The zero-order chi connectivity index (χ0) is 2.71. The summed E-state index contributed by atoms with van der Waals surface area (Å²) in [6, 6.07) is 0. The maximum atomic E-state index is 8.51. The van der Waals surface area contributed by atoms with Gasteiger partial charge in [-0.2, -0.15) is 14.8 Å². The third-order valence-electron chi connectivity index (χ3n) is 0. The van der Waals surface area contributed by atoms with Crippen LogP contribution in [0.25, 0.3) is 0 Å². The predicted molar refractivity (Wildman–Crippen MR) is 22.3 cm³/mol. The van der Waals surface area contributed by atoms with Crippen LogP contribution in [0.15, 0.2) is 0 Å². The van der Waals surface area contributed by atoms with Crippen LogP contribution in [0.2, 0.25) is 0 Å². The molecule has 0 spiro atoms. The van der Waals surface area contributed by atoms with Crippen LogP contribution in [0.5, 0.6) is 0 Å². The fourth-order valence-corrected chi connectivity index (χ4v) is 0. The number of hydrogen-bond acceptors (Lipinski definition) is 1. The molecule has 0 heterocycles. The first-order chi connectivity index (χ1) is 1.41. The molecule has 0 aliphatic rings. The molecule has 0 amide bonds. The third kappa shape index (κ3) is 23.0. The van der Waals surface area contributed by atoms with Gasteiger partial charge in [0.1, 0.15) is 0 Å². The molecular weight excluding hydrogens is 93.9 g/mol. The van der Waals surface area contributed by atoms with Gasteiger partial charge in [-0.05, 0) is 4.57 Å². The lowest BCUT2D eigenvalue weighted by Gasteiger charge is -1.08. The largest absolute Gasteiger partial charge is 0.491 e. The maximum absolute atomic E-state index is 8.51. The Labute approximate surface area is 29.1 Å². The SMILES string of the molecule is O=[PH+]O.P. The Bertz CT molecular complexity index is 11.5. The molecule has 0 saturated heterocycles. The van der Waals surface area contributed by atoms with E-state index in [2.05, 4.69) is 0 Å². The molecule has 1 N–H and O–H groups in total. The Balaban J connectivity index is 0. The van der Waals surface area contributed by atoms with Crippen molar-refractivity contribution in [3.8, 4) is 0 Å². The molecule has 4 heavy (non-hydrogen) atoms. The lowest BCUT2D eigenvalue weighted by molar-refractivity contribution is 0.524.